The second-order valence-corrected chi connectivity index (χ2v) is 7.62. The number of benzene rings is 3. The monoisotopic (exact) mass is 453 g/mol. The van der Waals surface area contributed by atoms with E-state index in [2.05, 4.69) is 10.4 Å². The summed E-state index contributed by atoms with van der Waals surface area (Å²) in [5, 5.41) is 8.61. The minimum absolute atomic E-state index is 0.146. The van der Waals surface area contributed by atoms with E-state index in [4.69, 9.17) is 27.9 Å². The second-order valence-electron chi connectivity index (χ2n) is 6.74. The quantitative estimate of drug-likeness (QED) is 0.416. The summed E-state index contributed by atoms with van der Waals surface area (Å²) in [4.78, 5) is 24.6. The molecule has 8 heteroatoms. The fourth-order valence-electron chi connectivity index (χ4n) is 3.08. The number of fused-ring (bicyclic) bond motifs is 1. The summed E-state index contributed by atoms with van der Waals surface area (Å²) < 4.78 is 7.51. The molecule has 0 fully saturated rings. The zero-order chi connectivity index (χ0) is 21.8. The molecule has 0 spiro atoms. The Labute approximate surface area is 188 Å². The number of para-hydroxylation sites is 1. The Hall–Kier alpha value is -3.35. The van der Waals surface area contributed by atoms with Crippen molar-refractivity contribution in [2.45, 2.75) is 13.0 Å². The van der Waals surface area contributed by atoms with Crippen molar-refractivity contribution >= 4 is 45.7 Å². The van der Waals surface area contributed by atoms with Crippen molar-refractivity contribution in [1.29, 1.82) is 0 Å². The third-order valence-electron chi connectivity index (χ3n) is 4.57. The summed E-state index contributed by atoms with van der Waals surface area (Å²) in [7, 11) is 0. The molecule has 0 saturated carbocycles. The largest absolute Gasteiger partial charge is 0.455 e. The van der Waals surface area contributed by atoms with Crippen LogP contribution < -0.4 is 15.5 Å². The molecule has 31 heavy (non-hydrogen) atoms. The third kappa shape index (κ3) is 5.05. The number of nitrogens with one attached hydrogen (secondary N) is 1. The molecular formula is C23H17Cl2N3O3. The SMILES string of the molecule is O=C(CCn1ncc(=O)c2ccccc21)Nc1cc(Cl)ccc1Oc1ccc(Cl)cc1. The van der Waals surface area contributed by atoms with Gasteiger partial charge in [-0.15, -0.1) is 0 Å². The average molecular weight is 454 g/mol. The number of aromatic nitrogens is 2. The smallest absolute Gasteiger partial charge is 0.226 e. The molecule has 3 aromatic carbocycles. The van der Waals surface area contributed by atoms with Gasteiger partial charge >= 0.3 is 0 Å². The first-order valence-corrected chi connectivity index (χ1v) is 10.2. The predicted molar refractivity (Wildman–Crippen MR) is 122 cm³/mol. The third-order valence-corrected chi connectivity index (χ3v) is 5.06. The van der Waals surface area contributed by atoms with E-state index in [0.717, 1.165) is 0 Å². The van der Waals surface area contributed by atoms with Crippen LogP contribution >= 0.6 is 23.2 Å². The van der Waals surface area contributed by atoms with Gasteiger partial charge in [0.25, 0.3) is 0 Å². The molecule has 1 aromatic heterocycles. The molecule has 1 heterocycles. The Morgan fingerprint density at radius 1 is 1.00 bits per heavy atom. The van der Waals surface area contributed by atoms with Gasteiger partial charge in [-0.05, 0) is 54.6 Å². The van der Waals surface area contributed by atoms with Gasteiger partial charge in [-0.1, -0.05) is 35.3 Å². The minimum Gasteiger partial charge on any atom is -0.455 e. The summed E-state index contributed by atoms with van der Waals surface area (Å²) in [6, 6.07) is 19.0. The highest BCUT2D eigenvalue weighted by Crippen LogP contribution is 2.32. The predicted octanol–water partition coefficient (Wildman–Crippen LogP) is 5.52. The van der Waals surface area contributed by atoms with Crippen molar-refractivity contribution in [2.75, 3.05) is 5.32 Å². The highest BCUT2D eigenvalue weighted by Gasteiger charge is 2.11. The second kappa shape index (κ2) is 9.20. The van der Waals surface area contributed by atoms with Crippen LogP contribution in [0.1, 0.15) is 6.42 Å². The van der Waals surface area contributed by atoms with Crippen molar-refractivity contribution in [3.8, 4) is 11.5 Å². The van der Waals surface area contributed by atoms with Gasteiger partial charge in [0.1, 0.15) is 5.75 Å². The van der Waals surface area contributed by atoms with Crippen LogP contribution in [0.3, 0.4) is 0 Å². The van der Waals surface area contributed by atoms with Gasteiger partial charge in [-0.25, -0.2) is 0 Å². The van der Waals surface area contributed by atoms with E-state index < -0.39 is 0 Å². The lowest BCUT2D eigenvalue weighted by molar-refractivity contribution is -0.116. The van der Waals surface area contributed by atoms with E-state index in [1.54, 1.807) is 65.3 Å². The standard InChI is InChI=1S/C23H17Cl2N3O3/c24-15-5-8-17(9-6-15)31-22-10-7-16(25)13-19(22)27-23(30)11-12-28-20-4-2-1-3-18(20)21(29)14-26-28/h1-10,13-14H,11-12H2,(H,27,30). The van der Waals surface area contributed by atoms with E-state index >= 15 is 0 Å². The number of carbonyl (C=O) groups excluding carboxylic acids is 1. The van der Waals surface area contributed by atoms with Crippen LogP contribution in [-0.2, 0) is 11.3 Å². The van der Waals surface area contributed by atoms with Crippen LogP contribution in [-0.4, -0.2) is 15.7 Å². The molecule has 0 saturated heterocycles. The van der Waals surface area contributed by atoms with Crippen LogP contribution in [0.5, 0.6) is 11.5 Å². The number of carbonyl (C=O) groups is 1. The maximum absolute atomic E-state index is 12.6. The molecule has 0 atom stereocenters. The molecule has 156 valence electrons. The first kappa shape index (κ1) is 20.9. The van der Waals surface area contributed by atoms with Crippen LogP contribution in [0.4, 0.5) is 5.69 Å². The first-order valence-electron chi connectivity index (χ1n) is 9.47. The lowest BCUT2D eigenvalue weighted by Gasteiger charge is -2.13. The van der Waals surface area contributed by atoms with Crippen molar-refractivity contribution in [2.24, 2.45) is 0 Å². The highest BCUT2D eigenvalue weighted by molar-refractivity contribution is 6.31. The summed E-state index contributed by atoms with van der Waals surface area (Å²) in [6.45, 7) is 0.306. The fourth-order valence-corrected chi connectivity index (χ4v) is 3.38. The maximum atomic E-state index is 12.6. The number of amides is 1. The number of ether oxygens (including phenoxy) is 1. The molecule has 0 unspecified atom stereocenters. The highest BCUT2D eigenvalue weighted by atomic mass is 35.5. The minimum atomic E-state index is -0.243. The van der Waals surface area contributed by atoms with Crippen molar-refractivity contribution in [1.82, 2.24) is 9.78 Å². The van der Waals surface area contributed by atoms with Gasteiger partial charge in [0.05, 0.1) is 23.9 Å². The van der Waals surface area contributed by atoms with Gasteiger partial charge in [0.15, 0.2) is 5.75 Å². The molecule has 4 rings (SSSR count). The summed E-state index contributed by atoms with van der Waals surface area (Å²) in [5.41, 5.74) is 0.974. The van der Waals surface area contributed by atoms with Gasteiger partial charge in [-0.3, -0.25) is 14.3 Å². The Kier molecular flexibility index (Phi) is 6.21. The Morgan fingerprint density at radius 3 is 2.55 bits per heavy atom. The normalized spacial score (nSPS) is 10.8. The molecule has 0 radical (unpaired) electrons. The summed E-state index contributed by atoms with van der Waals surface area (Å²) in [6.07, 6.45) is 1.40. The van der Waals surface area contributed by atoms with Crippen molar-refractivity contribution < 1.29 is 9.53 Å². The van der Waals surface area contributed by atoms with E-state index in [-0.39, 0.29) is 17.8 Å². The van der Waals surface area contributed by atoms with Crippen molar-refractivity contribution in [3.05, 3.63) is 93.2 Å². The zero-order valence-corrected chi connectivity index (χ0v) is 17.7. The van der Waals surface area contributed by atoms with Crippen LogP contribution in [0.25, 0.3) is 10.9 Å². The number of rotatable bonds is 6. The van der Waals surface area contributed by atoms with E-state index in [9.17, 15) is 9.59 Å². The number of halogens is 2. The number of hydrogen-bond donors (Lipinski definition) is 1. The maximum Gasteiger partial charge on any atom is 0.226 e. The molecular weight excluding hydrogens is 437 g/mol. The van der Waals surface area contributed by atoms with E-state index in [0.29, 0.717) is 44.7 Å². The summed E-state index contributed by atoms with van der Waals surface area (Å²) in [5.74, 6) is 0.783. The lowest BCUT2D eigenvalue weighted by Crippen LogP contribution is -2.18. The molecule has 0 bridgehead atoms. The van der Waals surface area contributed by atoms with E-state index in [1.807, 2.05) is 6.07 Å². The van der Waals surface area contributed by atoms with E-state index in [1.165, 1.54) is 6.20 Å². The Balaban J connectivity index is 1.49. The van der Waals surface area contributed by atoms with Gasteiger partial charge in [0.2, 0.25) is 11.3 Å². The number of hydrogen-bond acceptors (Lipinski definition) is 4. The number of aryl methyl sites for hydroxylation is 1. The topological polar surface area (TPSA) is 73.2 Å². The lowest BCUT2D eigenvalue weighted by atomic mass is 10.2. The molecule has 1 amide bonds. The van der Waals surface area contributed by atoms with Crippen LogP contribution in [0, 0.1) is 0 Å². The number of anilines is 1. The van der Waals surface area contributed by atoms with Gasteiger partial charge in [-0.2, -0.15) is 5.10 Å². The zero-order valence-electron chi connectivity index (χ0n) is 16.2. The molecule has 6 nitrogen and oxygen atoms in total. The molecule has 0 aliphatic carbocycles. The molecule has 0 aliphatic rings. The van der Waals surface area contributed by atoms with Crippen LogP contribution in [0.2, 0.25) is 10.0 Å². The Morgan fingerprint density at radius 2 is 1.74 bits per heavy atom. The van der Waals surface area contributed by atoms with Gasteiger partial charge < -0.3 is 10.1 Å². The molecule has 4 aromatic rings. The van der Waals surface area contributed by atoms with Gasteiger partial charge in [0, 0.05) is 21.9 Å². The molecule has 0 aliphatic heterocycles. The molecule has 1 N–H and O–H groups in total. The Bertz CT molecular complexity index is 1300. The number of nitrogens with zero attached hydrogens (tertiary/aromatic N) is 2. The average Bonchev–Trinajstić information content (AvgIpc) is 2.77. The van der Waals surface area contributed by atoms with Crippen molar-refractivity contribution in [3.63, 3.8) is 0 Å². The summed E-state index contributed by atoms with van der Waals surface area (Å²) >= 11 is 12.0. The van der Waals surface area contributed by atoms with Crippen LogP contribution in [0.15, 0.2) is 77.7 Å². The first-order chi connectivity index (χ1) is 15.0. The fraction of sp³-hybridized carbons (Fsp3) is 0.0870.